The average molecular weight is 452 g/mol. The Morgan fingerprint density at radius 1 is 0.818 bits per heavy atom. The summed E-state index contributed by atoms with van der Waals surface area (Å²) in [5.74, 6) is -0.489. The van der Waals surface area contributed by atoms with Crippen LogP contribution in [0.5, 0.6) is 0 Å². The Morgan fingerprint density at radius 2 is 1.52 bits per heavy atom. The maximum atomic E-state index is 12.2. The van der Waals surface area contributed by atoms with Crippen LogP contribution in [0.3, 0.4) is 0 Å². The van der Waals surface area contributed by atoms with E-state index in [0.29, 0.717) is 33.5 Å². The SMILES string of the molecule is O=C(O)c1ccccc1-n1c(-c2ccccc2Cl)nc(-c2ccccn2)c1-c1ccccc1. The molecule has 5 rings (SSSR count). The largest absolute Gasteiger partial charge is 0.478 e. The van der Waals surface area contributed by atoms with Crippen molar-refractivity contribution in [3.8, 4) is 39.7 Å². The van der Waals surface area contributed by atoms with Crippen molar-refractivity contribution < 1.29 is 9.90 Å². The smallest absolute Gasteiger partial charge is 0.337 e. The number of halogens is 1. The lowest BCUT2D eigenvalue weighted by molar-refractivity contribution is 0.0697. The number of rotatable bonds is 5. The maximum Gasteiger partial charge on any atom is 0.337 e. The second kappa shape index (κ2) is 8.73. The summed E-state index contributed by atoms with van der Waals surface area (Å²) in [6.45, 7) is 0. The summed E-state index contributed by atoms with van der Waals surface area (Å²) in [6.07, 6.45) is 1.71. The van der Waals surface area contributed by atoms with Crippen LogP contribution >= 0.6 is 11.6 Å². The van der Waals surface area contributed by atoms with Crippen molar-refractivity contribution >= 4 is 17.6 Å². The van der Waals surface area contributed by atoms with Gasteiger partial charge in [-0.1, -0.05) is 72.3 Å². The second-order valence-electron chi connectivity index (χ2n) is 7.35. The lowest BCUT2D eigenvalue weighted by Crippen LogP contribution is -2.08. The molecule has 2 aromatic heterocycles. The third-order valence-corrected chi connectivity index (χ3v) is 5.65. The van der Waals surface area contributed by atoms with E-state index in [1.807, 2.05) is 77.4 Å². The van der Waals surface area contributed by atoms with Crippen LogP contribution in [0, 0.1) is 0 Å². The Morgan fingerprint density at radius 3 is 2.24 bits per heavy atom. The molecule has 0 spiro atoms. The van der Waals surface area contributed by atoms with Gasteiger partial charge in [0, 0.05) is 17.3 Å². The van der Waals surface area contributed by atoms with Gasteiger partial charge in [-0.2, -0.15) is 0 Å². The molecular formula is C27H18ClN3O2. The number of benzene rings is 3. The van der Waals surface area contributed by atoms with Crippen molar-refractivity contribution in [2.24, 2.45) is 0 Å². The highest BCUT2D eigenvalue weighted by molar-refractivity contribution is 6.33. The third kappa shape index (κ3) is 3.79. The molecule has 3 aromatic carbocycles. The maximum absolute atomic E-state index is 12.2. The number of imidazole rings is 1. The number of aromatic carboxylic acids is 1. The molecular weight excluding hydrogens is 434 g/mol. The topological polar surface area (TPSA) is 68.0 Å². The number of carboxylic acids is 1. The molecule has 0 amide bonds. The fourth-order valence-electron chi connectivity index (χ4n) is 3.87. The van der Waals surface area contributed by atoms with Crippen LogP contribution in [-0.2, 0) is 0 Å². The molecule has 5 nitrogen and oxygen atoms in total. The molecule has 0 bridgehead atoms. The normalized spacial score (nSPS) is 10.8. The summed E-state index contributed by atoms with van der Waals surface area (Å²) in [4.78, 5) is 21.7. The van der Waals surface area contributed by atoms with Crippen LogP contribution in [0.4, 0.5) is 0 Å². The minimum Gasteiger partial charge on any atom is -0.478 e. The molecule has 33 heavy (non-hydrogen) atoms. The number of aromatic nitrogens is 3. The lowest BCUT2D eigenvalue weighted by atomic mass is 10.1. The molecule has 5 aromatic rings. The first-order chi connectivity index (χ1) is 16.1. The van der Waals surface area contributed by atoms with E-state index in [9.17, 15) is 9.90 Å². The minimum atomic E-state index is -1.03. The van der Waals surface area contributed by atoms with Crippen LogP contribution in [0.15, 0.2) is 103 Å². The molecule has 0 unspecified atom stereocenters. The van der Waals surface area contributed by atoms with Gasteiger partial charge in [-0.3, -0.25) is 9.55 Å². The van der Waals surface area contributed by atoms with Crippen LogP contribution in [0.2, 0.25) is 5.02 Å². The van der Waals surface area contributed by atoms with Gasteiger partial charge < -0.3 is 5.11 Å². The molecule has 0 fully saturated rings. The Bertz CT molecular complexity index is 1450. The van der Waals surface area contributed by atoms with Crippen LogP contribution in [0.1, 0.15) is 10.4 Å². The first-order valence-electron chi connectivity index (χ1n) is 10.3. The van der Waals surface area contributed by atoms with E-state index in [1.54, 1.807) is 30.5 Å². The van der Waals surface area contributed by atoms with E-state index in [1.165, 1.54) is 0 Å². The Labute approximate surface area is 195 Å². The van der Waals surface area contributed by atoms with E-state index in [4.69, 9.17) is 16.6 Å². The van der Waals surface area contributed by atoms with E-state index in [-0.39, 0.29) is 5.56 Å². The van der Waals surface area contributed by atoms with Gasteiger partial charge in [-0.25, -0.2) is 9.78 Å². The number of nitrogens with zero attached hydrogens (tertiary/aromatic N) is 3. The van der Waals surface area contributed by atoms with Crippen molar-refractivity contribution in [1.82, 2.24) is 14.5 Å². The Kier molecular flexibility index (Phi) is 5.47. The zero-order valence-electron chi connectivity index (χ0n) is 17.4. The summed E-state index contributed by atoms with van der Waals surface area (Å²) in [7, 11) is 0. The summed E-state index contributed by atoms with van der Waals surface area (Å²) < 4.78 is 1.87. The van der Waals surface area contributed by atoms with Gasteiger partial charge in [0.2, 0.25) is 0 Å². The predicted octanol–water partition coefficient (Wildman–Crippen LogP) is 6.62. The van der Waals surface area contributed by atoms with Gasteiger partial charge in [-0.05, 0) is 36.4 Å². The fraction of sp³-hybridized carbons (Fsp3) is 0. The first kappa shape index (κ1) is 20.7. The lowest BCUT2D eigenvalue weighted by Gasteiger charge is -2.16. The Hall–Kier alpha value is -4.22. The van der Waals surface area contributed by atoms with Crippen molar-refractivity contribution in [2.45, 2.75) is 0 Å². The van der Waals surface area contributed by atoms with Crippen LogP contribution in [-0.4, -0.2) is 25.6 Å². The van der Waals surface area contributed by atoms with Gasteiger partial charge in [0.1, 0.15) is 11.5 Å². The predicted molar refractivity (Wildman–Crippen MR) is 130 cm³/mol. The van der Waals surface area contributed by atoms with Crippen molar-refractivity contribution in [3.63, 3.8) is 0 Å². The summed E-state index contributed by atoms with van der Waals surface area (Å²) >= 11 is 6.59. The zero-order valence-corrected chi connectivity index (χ0v) is 18.1. The molecule has 0 atom stereocenters. The molecule has 1 N–H and O–H groups in total. The first-order valence-corrected chi connectivity index (χ1v) is 10.7. The van der Waals surface area contributed by atoms with E-state index in [2.05, 4.69) is 4.98 Å². The monoisotopic (exact) mass is 451 g/mol. The van der Waals surface area contributed by atoms with Gasteiger partial charge in [0.15, 0.2) is 0 Å². The van der Waals surface area contributed by atoms with Crippen LogP contribution < -0.4 is 0 Å². The highest BCUT2D eigenvalue weighted by Gasteiger charge is 2.26. The van der Waals surface area contributed by atoms with Gasteiger partial charge in [-0.15, -0.1) is 0 Å². The van der Waals surface area contributed by atoms with E-state index in [0.717, 1.165) is 11.3 Å². The van der Waals surface area contributed by atoms with Gasteiger partial charge in [0.05, 0.1) is 27.7 Å². The average Bonchev–Trinajstić information content (AvgIpc) is 3.25. The molecule has 0 saturated carbocycles. The fourth-order valence-corrected chi connectivity index (χ4v) is 4.09. The number of hydrogen-bond acceptors (Lipinski definition) is 3. The number of pyridine rings is 1. The summed E-state index contributed by atoms with van der Waals surface area (Å²) in [5, 5.41) is 10.5. The summed E-state index contributed by atoms with van der Waals surface area (Å²) in [6, 6.07) is 29.7. The number of carboxylic acid groups (broad SMARTS) is 1. The number of carbonyl (C=O) groups is 1. The minimum absolute atomic E-state index is 0.160. The number of hydrogen-bond donors (Lipinski definition) is 1. The molecule has 0 saturated heterocycles. The second-order valence-corrected chi connectivity index (χ2v) is 7.76. The molecule has 0 radical (unpaired) electrons. The zero-order chi connectivity index (χ0) is 22.8. The highest BCUT2D eigenvalue weighted by Crippen LogP contribution is 2.40. The van der Waals surface area contributed by atoms with E-state index >= 15 is 0 Å². The van der Waals surface area contributed by atoms with Gasteiger partial charge in [0.25, 0.3) is 0 Å². The third-order valence-electron chi connectivity index (χ3n) is 5.32. The summed E-state index contributed by atoms with van der Waals surface area (Å²) in [5.41, 5.74) is 4.27. The number of para-hydroxylation sites is 1. The molecule has 2 heterocycles. The molecule has 6 heteroatoms. The van der Waals surface area contributed by atoms with Gasteiger partial charge >= 0.3 is 5.97 Å². The van der Waals surface area contributed by atoms with Crippen molar-refractivity contribution in [1.29, 1.82) is 0 Å². The standard InChI is InChI=1S/C27H18ClN3O2/c28-21-14-6-4-12-19(21)26-30-24(22-15-8-9-17-29-22)25(18-10-2-1-3-11-18)31(26)23-16-7-5-13-20(23)27(32)33/h1-17H,(H,32,33). The molecule has 0 aliphatic heterocycles. The van der Waals surface area contributed by atoms with Crippen molar-refractivity contribution in [3.05, 3.63) is 114 Å². The quantitative estimate of drug-likeness (QED) is 0.326. The van der Waals surface area contributed by atoms with E-state index < -0.39 is 5.97 Å². The molecule has 0 aliphatic carbocycles. The Balaban J connectivity index is 1.95. The van der Waals surface area contributed by atoms with Crippen molar-refractivity contribution in [2.75, 3.05) is 0 Å². The molecule has 160 valence electrons. The van der Waals surface area contributed by atoms with Crippen LogP contribution in [0.25, 0.3) is 39.7 Å². The molecule has 0 aliphatic rings. The highest BCUT2D eigenvalue weighted by atomic mass is 35.5.